The van der Waals surface area contributed by atoms with Crippen molar-refractivity contribution in [2.75, 3.05) is 0 Å². The molecule has 0 aliphatic rings. The summed E-state index contributed by atoms with van der Waals surface area (Å²) in [5, 5.41) is 0. The summed E-state index contributed by atoms with van der Waals surface area (Å²) in [5.41, 5.74) is 0. The molecule has 0 aromatic carbocycles. The molecule has 0 aliphatic carbocycles. The van der Waals surface area contributed by atoms with E-state index >= 15 is 0 Å². The first-order valence-electron chi connectivity index (χ1n) is 1.67. The number of phosphoric ester groups is 1. The van der Waals surface area contributed by atoms with Crippen molar-refractivity contribution in [1.29, 1.82) is 0 Å². The van der Waals surface area contributed by atoms with E-state index in [9.17, 15) is 9.36 Å². The number of carbonyl (C=O) groups excluding carboxylic acids is 1. The fraction of sp³-hybridized carbons (Fsp3) is 0.500. The zero-order valence-corrected chi connectivity index (χ0v) is 12.1. The summed E-state index contributed by atoms with van der Waals surface area (Å²) in [5.74, 6) is -0.988. The number of hydrogen-bond acceptors (Lipinski definition) is 3. The van der Waals surface area contributed by atoms with Crippen LogP contribution in [0.15, 0.2) is 0 Å². The first-order valence-corrected chi connectivity index (χ1v) is 3.20. The second kappa shape index (κ2) is 7.88. The Kier molecular flexibility index (Phi) is 14.3. The summed E-state index contributed by atoms with van der Waals surface area (Å²) < 4.78 is 13.2. The van der Waals surface area contributed by atoms with Gasteiger partial charge >= 0.3 is 94.7 Å². The normalized spacial score (nSPS) is 8.70. The van der Waals surface area contributed by atoms with Crippen LogP contribution in [0.4, 0.5) is 0 Å². The molecule has 0 aromatic rings. The fourth-order valence-corrected chi connectivity index (χ4v) is 0.502. The largest absolute Gasteiger partial charge is 1.00 e. The van der Waals surface area contributed by atoms with Gasteiger partial charge in [-0.3, -0.25) is 14.6 Å². The van der Waals surface area contributed by atoms with Crippen molar-refractivity contribution in [3.8, 4) is 0 Å². The van der Waals surface area contributed by atoms with Crippen molar-refractivity contribution < 1.29 is 107 Å². The van der Waals surface area contributed by atoms with Crippen molar-refractivity contribution in [2.45, 2.75) is 6.92 Å². The first kappa shape index (κ1) is 18.1. The Morgan fingerprint density at radius 2 is 1.90 bits per heavy atom. The zero-order chi connectivity index (χ0) is 6.78. The van der Waals surface area contributed by atoms with Crippen LogP contribution in [-0.4, -0.2) is 15.8 Å². The fourth-order valence-electron chi connectivity index (χ4n) is 0.167. The van der Waals surface area contributed by atoms with Crippen LogP contribution in [-0.2, 0) is 13.9 Å². The van der Waals surface area contributed by atoms with E-state index in [4.69, 9.17) is 9.79 Å². The van der Waals surface area contributed by atoms with E-state index in [0.29, 0.717) is 0 Å². The Morgan fingerprint density at radius 3 is 1.90 bits per heavy atom. The maximum absolute atomic E-state index is 9.74. The monoisotopic (exact) mass is 204 g/mol. The zero-order valence-electron chi connectivity index (χ0n) is 8.07. The van der Waals surface area contributed by atoms with Crippen molar-refractivity contribution in [1.82, 2.24) is 0 Å². The van der Waals surface area contributed by atoms with Gasteiger partial charge in [0.05, 0.1) is 0 Å². The molecule has 0 atom stereocenters. The van der Waals surface area contributed by atoms with Crippen LogP contribution in [0.1, 0.15) is 9.78 Å². The van der Waals surface area contributed by atoms with E-state index in [0.717, 1.165) is 6.92 Å². The third-order valence-corrected chi connectivity index (χ3v) is 0.742. The molecule has 0 heterocycles. The Bertz CT molecular complexity index is 150. The predicted molar refractivity (Wildman–Crippen MR) is 26.0 cm³/mol. The summed E-state index contributed by atoms with van der Waals surface area (Å²) in [7, 11) is -4.57. The molecule has 0 fully saturated rings. The van der Waals surface area contributed by atoms with Crippen molar-refractivity contribution >= 4 is 13.8 Å². The molecule has 52 valence electrons. The van der Waals surface area contributed by atoms with E-state index in [1.807, 2.05) is 0 Å². The minimum Gasteiger partial charge on any atom is -1.00 e. The first-order chi connectivity index (χ1) is 3.42. The standard InChI is InChI=1S/C2H5O5P.K.Na.2H/c1-2(3)7-8(4,5)6;;;;/h1H3,(H2,4,5,6);;;;/q;2*+1;2*-1. The molecule has 2 N–H and O–H groups in total. The molecule has 0 bridgehead atoms. The van der Waals surface area contributed by atoms with E-state index in [1.165, 1.54) is 0 Å². The maximum atomic E-state index is 9.74. The molecule has 0 radical (unpaired) electrons. The van der Waals surface area contributed by atoms with Gasteiger partial charge in [-0.25, -0.2) is 4.57 Å². The van der Waals surface area contributed by atoms with E-state index in [2.05, 4.69) is 4.52 Å². The van der Waals surface area contributed by atoms with E-state index in [1.54, 1.807) is 0 Å². The van der Waals surface area contributed by atoms with Crippen molar-refractivity contribution in [3.63, 3.8) is 0 Å². The van der Waals surface area contributed by atoms with Gasteiger partial charge in [-0.2, -0.15) is 0 Å². The summed E-state index contributed by atoms with van der Waals surface area (Å²) in [4.78, 5) is 25.5. The van der Waals surface area contributed by atoms with Crippen LogP contribution in [0.3, 0.4) is 0 Å². The number of hydrogen-bond donors (Lipinski definition) is 2. The SMILES string of the molecule is CC(=O)OP(=O)(O)O.[H-].[H-].[K+].[Na+]. The minimum atomic E-state index is -4.57. The van der Waals surface area contributed by atoms with Gasteiger partial charge in [0.25, 0.3) is 0 Å². The molecule has 10 heavy (non-hydrogen) atoms. The van der Waals surface area contributed by atoms with Gasteiger partial charge in [0.1, 0.15) is 0 Å². The summed E-state index contributed by atoms with van der Waals surface area (Å²) in [6, 6.07) is 0. The van der Waals surface area contributed by atoms with Crippen molar-refractivity contribution in [2.24, 2.45) is 0 Å². The van der Waals surface area contributed by atoms with Crippen LogP contribution in [0.2, 0.25) is 0 Å². The van der Waals surface area contributed by atoms with Gasteiger partial charge in [-0.15, -0.1) is 0 Å². The summed E-state index contributed by atoms with van der Waals surface area (Å²) >= 11 is 0. The minimum absolute atomic E-state index is 0. The topological polar surface area (TPSA) is 83.8 Å². The number of rotatable bonds is 1. The van der Waals surface area contributed by atoms with E-state index < -0.39 is 13.8 Å². The Labute approximate surface area is 126 Å². The van der Waals surface area contributed by atoms with Gasteiger partial charge in [-0.05, 0) is 0 Å². The molecule has 0 aliphatic heterocycles. The Balaban J connectivity index is -0.0000000408. The third-order valence-electron chi connectivity index (χ3n) is 0.247. The molecule has 0 saturated carbocycles. The predicted octanol–water partition coefficient (Wildman–Crippen LogP) is -6.12. The molecule has 0 aromatic heterocycles. The van der Waals surface area contributed by atoms with E-state index in [-0.39, 0.29) is 83.8 Å². The van der Waals surface area contributed by atoms with Crippen LogP contribution in [0, 0.1) is 0 Å². The van der Waals surface area contributed by atoms with Crippen LogP contribution in [0.5, 0.6) is 0 Å². The van der Waals surface area contributed by atoms with Gasteiger partial charge < -0.3 is 7.38 Å². The van der Waals surface area contributed by atoms with Crippen LogP contribution < -0.4 is 80.9 Å². The Hall–Kier alpha value is 2.26. The second-order valence-electron chi connectivity index (χ2n) is 1.07. The smallest absolute Gasteiger partial charge is 1.00 e. The third kappa shape index (κ3) is 16.7. The molecular formula is C2H7KNaO5P. The average Bonchev–Trinajstić information content (AvgIpc) is 1.21. The van der Waals surface area contributed by atoms with Gasteiger partial charge in [-0.1, -0.05) is 0 Å². The maximum Gasteiger partial charge on any atom is 1.00 e. The quantitative estimate of drug-likeness (QED) is 0.328. The molecule has 0 rings (SSSR count). The number of carbonyl (C=O) groups is 1. The van der Waals surface area contributed by atoms with Gasteiger partial charge in [0.15, 0.2) is 0 Å². The van der Waals surface area contributed by atoms with Crippen molar-refractivity contribution in [3.05, 3.63) is 0 Å². The van der Waals surface area contributed by atoms with Gasteiger partial charge in [0.2, 0.25) is 0 Å². The molecular weight excluding hydrogens is 197 g/mol. The Morgan fingerprint density at radius 1 is 1.60 bits per heavy atom. The average molecular weight is 204 g/mol. The summed E-state index contributed by atoms with van der Waals surface area (Å²) in [6.07, 6.45) is 0. The van der Waals surface area contributed by atoms with Crippen LogP contribution >= 0.6 is 7.82 Å². The molecule has 0 unspecified atom stereocenters. The van der Waals surface area contributed by atoms with Crippen LogP contribution in [0.25, 0.3) is 0 Å². The van der Waals surface area contributed by atoms with Gasteiger partial charge in [0, 0.05) is 6.92 Å². The molecule has 0 saturated heterocycles. The summed E-state index contributed by atoms with van der Waals surface area (Å²) in [6.45, 7) is 0.916. The molecule has 0 spiro atoms. The molecule has 0 amide bonds. The second-order valence-corrected chi connectivity index (χ2v) is 2.24. The molecule has 5 nitrogen and oxygen atoms in total. The molecule has 8 heteroatoms. The number of phosphoric acid groups is 1.